The highest BCUT2D eigenvalue weighted by Crippen LogP contribution is 2.28. The van der Waals surface area contributed by atoms with Crippen LogP contribution in [0, 0.1) is 3.95 Å². The molecular weight excluding hydrogens is 457 g/mol. The van der Waals surface area contributed by atoms with Gasteiger partial charge in [0, 0.05) is 5.69 Å². The summed E-state index contributed by atoms with van der Waals surface area (Å²) < 4.78 is 8.24. The van der Waals surface area contributed by atoms with E-state index < -0.39 is 0 Å². The Balaban J connectivity index is 1.60. The minimum absolute atomic E-state index is 0.128. The Morgan fingerprint density at radius 1 is 1.25 bits per heavy atom. The summed E-state index contributed by atoms with van der Waals surface area (Å²) in [4.78, 5) is 12.2. The van der Waals surface area contributed by atoms with E-state index in [1.807, 2.05) is 19.1 Å². The highest BCUT2D eigenvalue weighted by atomic mass is 35.5. The Morgan fingerprint density at radius 3 is 2.68 bits per heavy atom. The molecule has 1 aromatic heterocycles. The largest absolute Gasteiger partial charge is 0.494 e. The summed E-state index contributed by atoms with van der Waals surface area (Å²) in [5.74, 6) is 0.857. The lowest BCUT2D eigenvalue weighted by Gasteiger charge is -2.06. The molecule has 0 bridgehead atoms. The van der Waals surface area contributed by atoms with Crippen LogP contribution in [0.1, 0.15) is 6.92 Å². The number of nitrogens with one attached hydrogen (secondary N) is 1. The topological polar surface area (TPSA) is 56.1 Å². The van der Waals surface area contributed by atoms with Crippen LogP contribution in [-0.2, 0) is 4.79 Å². The third-order valence-electron chi connectivity index (χ3n) is 3.45. The van der Waals surface area contributed by atoms with Crippen molar-refractivity contribution in [3.63, 3.8) is 0 Å². The number of amides is 1. The van der Waals surface area contributed by atoms with Gasteiger partial charge in [0.1, 0.15) is 5.75 Å². The van der Waals surface area contributed by atoms with Crippen molar-refractivity contribution >= 4 is 70.1 Å². The van der Waals surface area contributed by atoms with Gasteiger partial charge in [0.2, 0.25) is 5.91 Å². The lowest BCUT2D eigenvalue weighted by Crippen LogP contribution is -2.13. The molecule has 28 heavy (non-hydrogen) atoms. The Labute approximate surface area is 185 Å². The number of anilines is 1. The smallest absolute Gasteiger partial charge is 0.234 e. The van der Waals surface area contributed by atoms with E-state index in [9.17, 15) is 4.79 Å². The summed E-state index contributed by atoms with van der Waals surface area (Å²) in [6.45, 7) is 2.52. The van der Waals surface area contributed by atoms with Gasteiger partial charge in [-0.3, -0.25) is 4.79 Å². The van der Waals surface area contributed by atoms with Gasteiger partial charge in [0.25, 0.3) is 0 Å². The van der Waals surface area contributed by atoms with E-state index in [0.717, 1.165) is 11.4 Å². The van der Waals surface area contributed by atoms with Gasteiger partial charge in [-0.1, -0.05) is 46.3 Å². The second-order valence-corrected chi connectivity index (χ2v) is 9.10. The van der Waals surface area contributed by atoms with Crippen LogP contribution in [0.5, 0.6) is 5.75 Å². The minimum atomic E-state index is -0.128. The fraction of sp³-hybridized carbons (Fsp3) is 0.167. The van der Waals surface area contributed by atoms with Crippen LogP contribution in [0.25, 0.3) is 5.69 Å². The van der Waals surface area contributed by atoms with Crippen molar-refractivity contribution < 1.29 is 9.53 Å². The molecule has 3 aromatic rings. The summed E-state index contributed by atoms with van der Waals surface area (Å²) in [6, 6.07) is 12.4. The van der Waals surface area contributed by atoms with Crippen LogP contribution >= 0.6 is 58.5 Å². The normalized spacial score (nSPS) is 10.7. The molecule has 0 aliphatic heterocycles. The zero-order valence-electron chi connectivity index (χ0n) is 14.6. The van der Waals surface area contributed by atoms with Crippen molar-refractivity contribution in [1.29, 1.82) is 0 Å². The molecule has 0 aliphatic carbocycles. The molecule has 0 fully saturated rings. The predicted molar refractivity (Wildman–Crippen MR) is 119 cm³/mol. The number of benzene rings is 2. The molecule has 0 saturated carbocycles. The maximum absolute atomic E-state index is 12.2. The number of rotatable bonds is 7. The van der Waals surface area contributed by atoms with E-state index in [1.54, 1.807) is 35.0 Å². The van der Waals surface area contributed by atoms with Gasteiger partial charge < -0.3 is 10.1 Å². The number of nitrogens with zero attached hydrogens (tertiary/aromatic N) is 2. The first-order valence-corrected chi connectivity index (χ1v) is 11.1. The van der Waals surface area contributed by atoms with Crippen molar-refractivity contribution in [2.75, 3.05) is 17.7 Å². The zero-order valence-corrected chi connectivity index (χ0v) is 18.6. The van der Waals surface area contributed by atoms with Crippen LogP contribution in [0.4, 0.5) is 5.69 Å². The molecule has 0 radical (unpaired) electrons. The molecule has 146 valence electrons. The molecule has 10 heteroatoms. The Bertz CT molecular complexity index is 1040. The number of hydrogen-bond acceptors (Lipinski definition) is 6. The second kappa shape index (κ2) is 9.76. The molecule has 0 aliphatic rings. The summed E-state index contributed by atoms with van der Waals surface area (Å²) in [6.07, 6.45) is 0. The molecule has 0 unspecified atom stereocenters. The standard InChI is InChI=1S/C18H15Cl2N3O2S3/c1-2-25-13-6-3-11(4-7-13)21-16(24)10-27-17-22-23(18(26)28-17)12-5-8-14(19)15(20)9-12/h3-9H,2,10H2,1H3,(H,21,24). The minimum Gasteiger partial charge on any atom is -0.494 e. The summed E-state index contributed by atoms with van der Waals surface area (Å²) in [7, 11) is 0. The maximum atomic E-state index is 12.2. The van der Waals surface area contributed by atoms with Gasteiger partial charge in [-0.25, -0.2) is 4.68 Å². The zero-order chi connectivity index (χ0) is 20.1. The number of aromatic nitrogens is 2. The average Bonchev–Trinajstić information content (AvgIpc) is 3.05. The molecule has 0 spiro atoms. The number of carbonyl (C=O) groups excluding carboxylic acids is 1. The lowest BCUT2D eigenvalue weighted by atomic mass is 10.3. The highest BCUT2D eigenvalue weighted by molar-refractivity contribution is 8.01. The molecule has 0 atom stereocenters. The summed E-state index contributed by atoms with van der Waals surface area (Å²) in [5.41, 5.74) is 1.43. The van der Waals surface area contributed by atoms with Crippen LogP contribution in [0.2, 0.25) is 10.0 Å². The monoisotopic (exact) mass is 471 g/mol. The van der Waals surface area contributed by atoms with E-state index in [-0.39, 0.29) is 11.7 Å². The first kappa shape index (κ1) is 21.1. The molecular formula is C18H15Cl2N3O2S3. The van der Waals surface area contributed by atoms with Gasteiger partial charge in [0.05, 0.1) is 28.1 Å². The van der Waals surface area contributed by atoms with E-state index in [2.05, 4.69) is 10.4 Å². The molecule has 5 nitrogen and oxygen atoms in total. The van der Waals surface area contributed by atoms with E-state index in [0.29, 0.717) is 30.6 Å². The molecule has 3 rings (SSSR count). The molecule has 1 N–H and O–H groups in total. The Kier molecular flexibility index (Phi) is 7.36. The predicted octanol–water partition coefficient (Wildman–Crippen LogP) is 6.10. The average molecular weight is 472 g/mol. The van der Waals surface area contributed by atoms with E-state index in [1.165, 1.54) is 23.1 Å². The second-order valence-electron chi connectivity index (χ2n) is 5.44. The molecule has 1 amide bonds. The fourth-order valence-electron chi connectivity index (χ4n) is 2.22. The first-order valence-electron chi connectivity index (χ1n) is 8.17. The summed E-state index contributed by atoms with van der Waals surface area (Å²) >= 11 is 20.0. The quantitative estimate of drug-likeness (QED) is 0.333. The van der Waals surface area contributed by atoms with Crippen molar-refractivity contribution in [2.24, 2.45) is 0 Å². The Morgan fingerprint density at radius 2 is 2.00 bits per heavy atom. The fourth-order valence-corrected chi connectivity index (χ4v) is 4.68. The van der Waals surface area contributed by atoms with Crippen molar-refractivity contribution in [2.45, 2.75) is 11.3 Å². The third-order valence-corrected chi connectivity index (χ3v) is 6.56. The van der Waals surface area contributed by atoms with E-state index >= 15 is 0 Å². The van der Waals surface area contributed by atoms with Gasteiger partial charge in [-0.05, 0) is 61.6 Å². The van der Waals surface area contributed by atoms with Gasteiger partial charge in [-0.15, -0.1) is 5.10 Å². The number of thioether (sulfide) groups is 1. The molecule has 0 saturated heterocycles. The van der Waals surface area contributed by atoms with Gasteiger partial charge >= 0.3 is 0 Å². The van der Waals surface area contributed by atoms with Crippen LogP contribution in [-0.4, -0.2) is 28.0 Å². The number of carbonyl (C=O) groups is 1. The van der Waals surface area contributed by atoms with E-state index in [4.69, 9.17) is 40.2 Å². The van der Waals surface area contributed by atoms with Crippen LogP contribution in [0.3, 0.4) is 0 Å². The SMILES string of the molecule is CCOc1ccc(NC(=O)CSc2nn(-c3ccc(Cl)c(Cl)c3)c(=S)s2)cc1. The lowest BCUT2D eigenvalue weighted by molar-refractivity contribution is -0.113. The number of hydrogen-bond donors (Lipinski definition) is 1. The Hall–Kier alpha value is -1.58. The van der Waals surface area contributed by atoms with Gasteiger partial charge in [-0.2, -0.15) is 0 Å². The highest BCUT2D eigenvalue weighted by Gasteiger charge is 2.11. The number of ether oxygens (including phenoxy) is 1. The van der Waals surface area contributed by atoms with Gasteiger partial charge in [0.15, 0.2) is 8.29 Å². The van der Waals surface area contributed by atoms with Crippen molar-refractivity contribution in [1.82, 2.24) is 9.78 Å². The van der Waals surface area contributed by atoms with Crippen molar-refractivity contribution in [3.05, 3.63) is 56.5 Å². The molecule has 2 aromatic carbocycles. The summed E-state index contributed by atoms with van der Waals surface area (Å²) in [5, 5.41) is 8.20. The third kappa shape index (κ3) is 5.48. The molecule has 1 heterocycles. The van der Waals surface area contributed by atoms with Crippen molar-refractivity contribution in [3.8, 4) is 11.4 Å². The number of halogens is 2. The first-order chi connectivity index (χ1) is 13.5. The van der Waals surface area contributed by atoms with Crippen LogP contribution < -0.4 is 10.1 Å². The van der Waals surface area contributed by atoms with Crippen LogP contribution in [0.15, 0.2) is 46.8 Å². The maximum Gasteiger partial charge on any atom is 0.234 e.